The number of halogens is 2. The maximum atomic E-state index is 13.3. The Labute approximate surface area is 261 Å². The number of thioether (sulfide) groups is 1. The number of rotatable bonds is 10. The summed E-state index contributed by atoms with van der Waals surface area (Å²) in [6, 6.07) is 25.6. The number of amides is 3. The molecular formula is C31H24Cl2N4O5S. The first-order chi connectivity index (χ1) is 20.6. The minimum atomic E-state index is -0.603. The van der Waals surface area contributed by atoms with E-state index in [1.807, 2.05) is 0 Å². The molecule has 12 heteroatoms. The van der Waals surface area contributed by atoms with Gasteiger partial charge in [0.05, 0.1) is 20.9 Å². The van der Waals surface area contributed by atoms with Gasteiger partial charge >= 0.3 is 0 Å². The van der Waals surface area contributed by atoms with Crippen LogP contribution in [0.4, 0.5) is 17.1 Å². The first kappa shape index (κ1) is 31.3. The van der Waals surface area contributed by atoms with Gasteiger partial charge in [0.2, 0.25) is 5.91 Å². The van der Waals surface area contributed by atoms with Crippen molar-refractivity contribution in [1.82, 2.24) is 5.32 Å². The number of anilines is 2. The van der Waals surface area contributed by atoms with E-state index in [0.717, 1.165) is 4.90 Å². The highest BCUT2D eigenvalue weighted by molar-refractivity contribution is 8.00. The van der Waals surface area contributed by atoms with E-state index in [1.165, 1.54) is 42.1 Å². The van der Waals surface area contributed by atoms with Crippen LogP contribution in [0, 0.1) is 10.1 Å². The Bertz CT molecular complexity index is 1680. The molecule has 0 aliphatic heterocycles. The number of hydrogen-bond acceptors (Lipinski definition) is 6. The molecule has 1 atom stereocenters. The second kappa shape index (κ2) is 14.5. The average molecular weight is 636 g/mol. The highest BCUT2D eigenvalue weighted by atomic mass is 35.5. The highest BCUT2D eigenvalue weighted by Gasteiger charge is 2.18. The molecule has 4 aromatic rings. The number of nitrogens with zero attached hydrogens (tertiary/aromatic N) is 1. The zero-order valence-electron chi connectivity index (χ0n) is 22.5. The van der Waals surface area contributed by atoms with Gasteiger partial charge in [-0.05, 0) is 85.3 Å². The quantitative estimate of drug-likeness (QED) is 0.0719. The Kier molecular flexibility index (Phi) is 10.6. The summed E-state index contributed by atoms with van der Waals surface area (Å²) >= 11 is 13.4. The summed E-state index contributed by atoms with van der Waals surface area (Å²) in [5, 5.41) is 19.5. The Hall–Kier alpha value is -4.64. The molecule has 0 aliphatic rings. The van der Waals surface area contributed by atoms with Crippen LogP contribution in [0.15, 0.2) is 108 Å². The molecule has 0 aromatic heterocycles. The lowest BCUT2D eigenvalue weighted by atomic mass is 10.1. The molecule has 0 bridgehead atoms. The van der Waals surface area contributed by atoms with Crippen LogP contribution < -0.4 is 16.0 Å². The van der Waals surface area contributed by atoms with Crippen LogP contribution >= 0.6 is 35.0 Å². The molecule has 0 aliphatic carbocycles. The molecule has 4 rings (SSSR count). The number of benzene rings is 4. The molecule has 0 spiro atoms. The third-order valence-electron chi connectivity index (χ3n) is 5.92. The standard InChI is InChI=1S/C31H24Cl2N4O5S/c1-19(29(38)35-27-18-22(32)9-16-26(27)33)43-25-14-10-23(11-15-25)34-31(40)28(36-30(39)21-5-3-2-4-6-21)17-20-7-12-24(13-8-20)37(41)42/h2-19H,1H3,(H,34,40)(H,35,38)(H,36,39)/b28-17-. The molecular weight excluding hydrogens is 611 g/mol. The number of hydrogen-bond donors (Lipinski definition) is 3. The van der Waals surface area contributed by atoms with Crippen LogP contribution in [-0.2, 0) is 9.59 Å². The van der Waals surface area contributed by atoms with Crippen LogP contribution in [0.2, 0.25) is 10.0 Å². The summed E-state index contributed by atoms with van der Waals surface area (Å²) in [4.78, 5) is 50.0. The molecule has 0 heterocycles. The molecule has 9 nitrogen and oxygen atoms in total. The average Bonchev–Trinajstić information content (AvgIpc) is 3.00. The minimum absolute atomic E-state index is 0.0638. The van der Waals surface area contributed by atoms with E-state index in [2.05, 4.69) is 16.0 Å². The summed E-state index contributed by atoms with van der Waals surface area (Å²) in [6.45, 7) is 1.75. The largest absolute Gasteiger partial charge is 0.324 e. The van der Waals surface area contributed by atoms with Gasteiger partial charge in [-0.25, -0.2) is 0 Å². The Morgan fingerprint density at radius 3 is 2.21 bits per heavy atom. The number of nitro benzene ring substituents is 1. The highest BCUT2D eigenvalue weighted by Crippen LogP contribution is 2.29. The first-order valence-corrected chi connectivity index (χ1v) is 14.4. The van der Waals surface area contributed by atoms with Gasteiger partial charge in [-0.15, -0.1) is 11.8 Å². The zero-order valence-corrected chi connectivity index (χ0v) is 24.9. The van der Waals surface area contributed by atoms with E-state index in [9.17, 15) is 24.5 Å². The van der Waals surface area contributed by atoms with Gasteiger partial charge in [-0.1, -0.05) is 41.4 Å². The molecule has 43 heavy (non-hydrogen) atoms. The number of carbonyl (C=O) groups is 3. The predicted molar refractivity (Wildman–Crippen MR) is 170 cm³/mol. The lowest BCUT2D eigenvalue weighted by molar-refractivity contribution is -0.384. The zero-order chi connectivity index (χ0) is 30.9. The fourth-order valence-electron chi connectivity index (χ4n) is 3.70. The summed E-state index contributed by atoms with van der Waals surface area (Å²) in [6.07, 6.45) is 1.43. The Balaban J connectivity index is 1.45. The normalized spacial score (nSPS) is 11.7. The fraction of sp³-hybridized carbons (Fsp3) is 0.0645. The Morgan fingerprint density at radius 2 is 1.56 bits per heavy atom. The molecule has 218 valence electrons. The predicted octanol–water partition coefficient (Wildman–Crippen LogP) is 7.43. The van der Waals surface area contributed by atoms with Crippen molar-refractivity contribution in [3.63, 3.8) is 0 Å². The lowest BCUT2D eigenvalue weighted by Crippen LogP contribution is -2.30. The summed E-state index contributed by atoms with van der Waals surface area (Å²) in [5.41, 5.74) is 1.52. The smallest absolute Gasteiger partial charge is 0.272 e. The van der Waals surface area contributed by atoms with Gasteiger partial charge in [0.15, 0.2) is 0 Å². The van der Waals surface area contributed by atoms with Crippen LogP contribution in [0.1, 0.15) is 22.8 Å². The molecule has 3 amide bonds. The SMILES string of the molecule is CC(Sc1ccc(NC(=O)/C(=C/c2ccc([N+](=O)[O-])cc2)NC(=O)c2ccccc2)cc1)C(=O)Nc1cc(Cl)ccc1Cl. The van der Waals surface area contributed by atoms with E-state index in [0.29, 0.717) is 32.5 Å². The minimum Gasteiger partial charge on any atom is -0.324 e. The van der Waals surface area contributed by atoms with Crippen molar-refractivity contribution < 1.29 is 19.3 Å². The van der Waals surface area contributed by atoms with Gasteiger partial charge in [0.25, 0.3) is 17.5 Å². The van der Waals surface area contributed by atoms with Crippen LogP contribution in [-0.4, -0.2) is 27.9 Å². The number of carbonyl (C=O) groups excluding carboxylic acids is 3. The first-order valence-electron chi connectivity index (χ1n) is 12.8. The molecule has 3 N–H and O–H groups in total. The Morgan fingerprint density at radius 1 is 0.884 bits per heavy atom. The van der Waals surface area contributed by atoms with Crippen molar-refractivity contribution in [2.75, 3.05) is 10.6 Å². The fourth-order valence-corrected chi connectivity index (χ4v) is 4.91. The van der Waals surface area contributed by atoms with Gasteiger partial charge < -0.3 is 16.0 Å². The van der Waals surface area contributed by atoms with Gasteiger partial charge in [0, 0.05) is 33.3 Å². The van der Waals surface area contributed by atoms with Crippen molar-refractivity contribution in [1.29, 1.82) is 0 Å². The van der Waals surface area contributed by atoms with Crippen LogP contribution in [0.3, 0.4) is 0 Å². The van der Waals surface area contributed by atoms with Crippen molar-refractivity contribution in [3.05, 3.63) is 134 Å². The van der Waals surface area contributed by atoms with Crippen LogP contribution in [0.5, 0.6) is 0 Å². The van der Waals surface area contributed by atoms with E-state index in [1.54, 1.807) is 79.7 Å². The molecule has 0 radical (unpaired) electrons. The van der Waals surface area contributed by atoms with Crippen molar-refractivity contribution >= 4 is 75.8 Å². The number of nitro groups is 1. The number of non-ortho nitro benzene ring substituents is 1. The van der Waals surface area contributed by atoms with E-state index in [-0.39, 0.29) is 17.3 Å². The third kappa shape index (κ3) is 8.92. The molecule has 1 unspecified atom stereocenters. The second-order valence-electron chi connectivity index (χ2n) is 9.08. The van der Waals surface area contributed by atoms with Gasteiger partial charge in [-0.3, -0.25) is 24.5 Å². The third-order valence-corrected chi connectivity index (χ3v) is 7.60. The van der Waals surface area contributed by atoms with Gasteiger partial charge in [-0.2, -0.15) is 0 Å². The van der Waals surface area contributed by atoms with Gasteiger partial charge in [0.1, 0.15) is 5.70 Å². The second-order valence-corrected chi connectivity index (χ2v) is 11.3. The van der Waals surface area contributed by atoms with E-state index < -0.39 is 22.0 Å². The molecule has 0 saturated carbocycles. The monoisotopic (exact) mass is 634 g/mol. The van der Waals surface area contributed by atoms with Crippen molar-refractivity contribution in [2.24, 2.45) is 0 Å². The molecule has 0 fully saturated rings. The molecule has 4 aromatic carbocycles. The van der Waals surface area contributed by atoms with Crippen LogP contribution in [0.25, 0.3) is 6.08 Å². The lowest BCUT2D eigenvalue weighted by Gasteiger charge is -2.14. The topological polar surface area (TPSA) is 130 Å². The summed E-state index contributed by atoms with van der Waals surface area (Å²) in [7, 11) is 0. The summed E-state index contributed by atoms with van der Waals surface area (Å²) in [5.74, 6) is -1.36. The summed E-state index contributed by atoms with van der Waals surface area (Å²) < 4.78 is 0. The molecule has 0 saturated heterocycles. The maximum Gasteiger partial charge on any atom is 0.272 e. The van der Waals surface area contributed by atoms with E-state index >= 15 is 0 Å². The van der Waals surface area contributed by atoms with E-state index in [4.69, 9.17) is 23.2 Å². The van der Waals surface area contributed by atoms with Crippen molar-refractivity contribution in [2.45, 2.75) is 17.1 Å². The number of nitrogens with one attached hydrogen (secondary N) is 3. The maximum absolute atomic E-state index is 13.3. The van der Waals surface area contributed by atoms with Crippen molar-refractivity contribution in [3.8, 4) is 0 Å².